The molecule has 1 aliphatic heterocycles. The monoisotopic (exact) mass is 369 g/mol. The number of halogens is 1. The first-order chi connectivity index (χ1) is 12.5. The number of pyridine rings is 1. The smallest absolute Gasteiger partial charge is 0.259 e. The van der Waals surface area contributed by atoms with Gasteiger partial charge >= 0.3 is 0 Å². The maximum absolute atomic E-state index is 13.0. The molecule has 1 aromatic heterocycles. The van der Waals surface area contributed by atoms with E-state index in [9.17, 15) is 4.79 Å². The van der Waals surface area contributed by atoms with Gasteiger partial charge in [-0.3, -0.25) is 4.79 Å². The Hall–Kier alpha value is -2.07. The number of amides is 1. The summed E-state index contributed by atoms with van der Waals surface area (Å²) in [5.74, 6) is 0.597. The molecular formula is C21H24ClN3O. The number of rotatable bonds is 3. The Kier molecular flexibility index (Phi) is 4.39. The van der Waals surface area contributed by atoms with E-state index < -0.39 is 0 Å². The van der Waals surface area contributed by atoms with Crippen molar-refractivity contribution < 1.29 is 4.79 Å². The standard InChI is InChI=1S/C21H24ClN3O/c1-14-4-3-5-16(12-14)24-20(26)17-13-18(22)15(2)23-19(17)25-10-8-21(6-7-21)9-11-25/h3-5,12-13H,6-11H2,1-2H3,(H,24,26). The van der Waals surface area contributed by atoms with Gasteiger partial charge < -0.3 is 10.2 Å². The van der Waals surface area contributed by atoms with Crippen molar-refractivity contribution in [1.82, 2.24) is 4.98 Å². The molecule has 4 nitrogen and oxygen atoms in total. The van der Waals surface area contributed by atoms with Gasteiger partial charge in [-0.2, -0.15) is 0 Å². The largest absolute Gasteiger partial charge is 0.356 e. The van der Waals surface area contributed by atoms with Crippen LogP contribution in [0.4, 0.5) is 11.5 Å². The number of carbonyl (C=O) groups is 1. The topological polar surface area (TPSA) is 45.2 Å². The molecule has 2 heterocycles. The Labute approximate surface area is 159 Å². The highest BCUT2D eigenvalue weighted by atomic mass is 35.5. The first-order valence-corrected chi connectivity index (χ1v) is 9.64. The van der Waals surface area contributed by atoms with Gasteiger partial charge in [0.25, 0.3) is 5.91 Å². The lowest BCUT2D eigenvalue weighted by Crippen LogP contribution is -2.36. The minimum Gasteiger partial charge on any atom is -0.356 e. The average Bonchev–Trinajstić information content (AvgIpc) is 3.37. The SMILES string of the molecule is Cc1cccc(NC(=O)c2cc(Cl)c(C)nc2N2CCC3(CC2)CC3)c1. The van der Waals surface area contributed by atoms with Crippen molar-refractivity contribution in [2.24, 2.45) is 5.41 Å². The highest BCUT2D eigenvalue weighted by molar-refractivity contribution is 6.31. The van der Waals surface area contributed by atoms with Crippen LogP contribution < -0.4 is 10.2 Å². The molecule has 2 fully saturated rings. The molecule has 1 amide bonds. The van der Waals surface area contributed by atoms with E-state index in [1.54, 1.807) is 6.07 Å². The summed E-state index contributed by atoms with van der Waals surface area (Å²) in [4.78, 5) is 19.9. The molecular weight excluding hydrogens is 346 g/mol. The zero-order valence-electron chi connectivity index (χ0n) is 15.3. The number of piperidine rings is 1. The molecule has 1 spiro atoms. The summed E-state index contributed by atoms with van der Waals surface area (Å²) in [6.45, 7) is 5.81. The van der Waals surface area contributed by atoms with E-state index in [2.05, 4.69) is 15.2 Å². The summed E-state index contributed by atoms with van der Waals surface area (Å²) in [6, 6.07) is 9.55. The molecule has 1 N–H and O–H groups in total. The molecule has 0 radical (unpaired) electrons. The Morgan fingerprint density at radius 2 is 1.88 bits per heavy atom. The van der Waals surface area contributed by atoms with E-state index in [4.69, 9.17) is 11.6 Å². The van der Waals surface area contributed by atoms with Crippen molar-refractivity contribution in [2.75, 3.05) is 23.3 Å². The fourth-order valence-electron chi connectivity index (χ4n) is 3.77. The fourth-order valence-corrected chi connectivity index (χ4v) is 3.92. The van der Waals surface area contributed by atoms with Gasteiger partial charge in [0.2, 0.25) is 0 Å². The third kappa shape index (κ3) is 3.43. The highest BCUT2D eigenvalue weighted by Crippen LogP contribution is 2.54. The van der Waals surface area contributed by atoms with Crippen LogP contribution in [0.5, 0.6) is 0 Å². The normalized spacial score (nSPS) is 18.0. The summed E-state index contributed by atoms with van der Waals surface area (Å²) < 4.78 is 0. The van der Waals surface area contributed by atoms with Crippen molar-refractivity contribution in [3.63, 3.8) is 0 Å². The zero-order chi connectivity index (χ0) is 18.3. The number of hydrogen-bond acceptors (Lipinski definition) is 3. The lowest BCUT2D eigenvalue weighted by molar-refractivity contribution is 0.102. The Bertz CT molecular complexity index is 850. The van der Waals surface area contributed by atoms with Gasteiger partial charge in [0.1, 0.15) is 5.82 Å². The zero-order valence-corrected chi connectivity index (χ0v) is 16.1. The second kappa shape index (κ2) is 6.58. The van der Waals surface area contributed by atoms with E-state index in [-0.39, 0.29) is 5.91 Å². The maximum Gasteiger partial charge on any atom is 0.259 e. The molecule has 2 aromatic rings. The van der Waals surface area contributed by atoms with Crippen LogP contribution in [0.1, 0.15) is 47.3 Å². The molecule has 136 valence electrons. The molecule has 26 heavy (non-hydrogen) atoms. The van der Waals surface area contributed by atoms with Crippen LogP contribution in [-0.2, 0) is 0 Å². The van der Waals surface area contributed by atoms with Gasteiger partial charge in [-0.05, 0) is 68.7 Å². The minimum atomic E-state index is -0.160. The van der Waals surface area contributed by atoms with Crippen LogP contribution in [0.2, 0.25) is 5.02 Å². The van der Waals surface area contributed by atoms with E-state index in [0.717, 1.165) is 35.9 Å². The number of aromatic nitrogens is 1. The van der Waals surface area contributed by atoms with Gasteiger partial charge in [0.05, 0.1) is 16.3 Å². The molecule has 1 aliphatic carbocycles. The van der Waals surface area contributed by atoms with E-state index in [1.165, 1.54) is 25.7 Å². The van der Waals surface area contributed by atoms with Crippen molar-refractivity contribution in [3.8, 4) is 0 Å². The predicted octanol–water partition coefficient (Wildman–Crippen LogP) is 4.98. The summed E-state index contributed by atoms with van der Waals surface area (Å²) in [7, 11) is 0. The second-order valence-electron chi connectivity index (χ2n) is 7.74. The highest BCUT2D eigenvalue weighted by Gasteiger charge is 2.44. The Morgan fingerprint density at radius 1 is 1.15 bits per heavy atom. The molecule has 4 rings (SSSR count). The summed E-state index contributed by atoms with van der Waals surface area (Å²) in [5.41, 5.74) is 3.79. The van der Waals surface area contributed by atoms with E-state index in [1.807, 2.05) is 38.1 Å². The van der Waals surface area contributed by atoms with Crippen LogP contribution in [0.25, 0.3) is 0 Å². The number of nitrogens with one attached hydrogen (secondary N) is 1. The molecule has 2 aliphatic rings. The van der Waals surface area contributed by atoms with Crippen LogP contribution in [0.15, 0.2) is 30.3 Å². The summed E-state index contributed by atoms with van der Waals surface area (Å²) in [5, 5.41) is 3.52. The first-order valence-electron chi connectivity index (χ1n) is 9.26. The van der Waals surface area contributed by atoms with Crippen LogP contribution in [0, 0.1) is 19.3 Å². The molecule has 0 atom stereocenters. The third-order valence-corrected chi connectivity index (χ3v) is 6.12. The van der Waals surface area contributed by atoms with Crippen LogP contribution in [0.3, 0.4) is 0 Å². The molecule has 1 aromatic carbocycles. The molecule has 5 heteroatoms. The van der Waals surface area contributed by atoms with Crippen molar-refractivity contribution in [3.05, 3.63) is 52.2 Å². The number of carbonyl (C=O) groups excluding carboxylic acids is 1. The third-order valence-electron chi connectivity index (χ3n) is 5.73. The molecule has 0 unspecified atom stereocenters. The molecule has 1 saturated carbocycles. The number of nitrogens with zero attached hydrogens (tertiary/aromatic N) is 2. The predicted molar refractivity (Wildman–Crippen MR) is 106 cm³/mol. The number of anilines is 2. The van der Waals surface area contributed by atoms with Crippen molar-refractivity contribution in [1.29, 1.82) is 0 Å². The number of aryl methyl sites for hydroxylation is 2. The van der Waals surface area contributed by atoms with Gasteiger partial charge in [0, 0.05) is 18.8 Å². The lowest BCUT2D eigenvalue weighted by Gasteiger charge is -2.34. The average molecular weight is 370 g/mol. The van der Waals surface area contributed by atoms with Crippen molar-refractivity contribution in [2.45, 2.75) is 39.5 Å². The van der Waals surface area contributed by atoms with Gasteiger partial charge in [-0.1, -0.05) is 23.7 Å². The first kappa shape index (κ1) is 17.3. The van der Waals surface area contributed by atoms with Crippen molar-refractivity contribution >= 4 is 29.0 Å². The van der Waals surface area contributed by atoms with Gasteiger partial charge in [-0.25, -0.2) is 4.98 Å². The fraction of sp³-hybridized carbons (Fsp3) is 0.429. The maximum atomic E-state index is 13.0. The molecule has 0 bridgehead atoms. The lowest BCUT2D eigenvalue weighted by atomic mass is 9.93. The van der Waals surface area contributed by atoms with Gasteiger partial charge in [-0.15, -0.1) is 0 Å². The van der Waals surface area contributed by atoms with E-state index >= 15 is 0 Å². The van der Waals surface area contributed by atoms with E-state index in [0.29, 0.717) is 16.0 Å². The van der Waals surface area contributed by atoms with Crippen LogP contribution in [-0.4, -0.2) is 24.0 Å². The quantitative estimate of drug-likeness (QED) is 0.829. The Balaban J connectivity index is 1.61. The van der Waals surface area contributed by atoms with Crippen LogP contribution >= 0.6 is 11.6 Å². The number of hydrogen-bond donors (Lipinski definition) is 1. The summed E-state index contributed by atoms with van der Waals surface area (Å²) in [6.07, 6.45) is 5.09. The number of benzene rings is 1. The summed E-state index contributed by atoms with van der Waals surface area (Å²) >= 11 is 6.29. The Morgan fingerprint density at radius 3 is 2.54 bits per heavy atom. The minimum absolute atomic E-state index is 0.160. The second-order valence-corrected chi connectivity index (χ2v) is 8.14. The van der Waals surface area contributed by atoms with Gasteiger partial charge in [0.15, 0.2) is 0 Å². The molecule has 1 saturated heterocycles.